The van der Waals surface area contributed by atoms with E-state index < -0.39 is 15.8 Å². The van der Waals surface area contributed by atoms with Crippen molar-refractivity contribution in [3.05, 3.63) is 22.7 Å². The standard InChI is InChI=1S/C11H13ClO5S.C5H11NO/c1-4-18(14,15)8-6-5-7(11(13)17-3)9(12)10(8)16-2;1-3-6(4-2)5-7/h5-6H,4H2,1-3H3;5H,3-4H2,1-2H3. The molecule has 25 heavy (non-hydrogen) atoms. The number of carbonyl (C=O) groups is 2. The summed E-state index contributed by atoms with van der Waals surface area (Å²) in [6, 6.07) is 2.59. The Bertz CT molecular complexity index is 686. The fraction of sp³-hybridized carbons (Fsp3) is 0.500. The molecule has 1 aromatic rings. The molecular formula is C16H24ClNO6S. The predicted molar refractivity (Wildman–Crippen MR) is 96.1 cm³/mol. The molecule has 0 aliphatic heterocycles. The van der Waals surface area contributed by atoms with Crippen LogP contribution in [-0.4, -0.2) is 58.8 Å². The molecule has 142 valence electrons. The predicted octanol–water partition coefficient (Wildman–Crippen LogP) is 2.41. The van der Waals surface area contributed by atoms with Crippen molar-refractivity contribution in [2.75, 3.05) is 33.1 Å². The second-order valence-electron chi connectivity index (χ2n) is 4.68. The van der Waals surface area contributed by atoms with Crippen molar-refractivity contribution in [1.29, 1.82) is 0 Å². The maximum absolute atomic E-state index is 11.8. The Balaban J connectivity index is 0.000000697. The molecule has 0 heterocycles. The van der Waals surface area contributed by atoms with E-state index in [1.165, 1.54) is 33.3 Å². The number of carbonyl (C=O) groups excluding carboxylic acids is 2. The Morgan fingerprint density at radius 2 is 1.76 bits per heavy atom. The van der Waals surface area contributed by atoms with Crippen LogP contribution in [0.2, 0.25) is 5.02 Å². The van der Waals surface area contributed by atoms with E-state index in [-0.39, 0.29) is 27.0 Å². The van der Waals surface area contributed by atoms with Gasteiger partial charge in [0.15, 0.2) is 15.6 Å². The summed E-state index contributed by atoms with van der Waals surface area (Å²) in [6.45, 7) is 7.06. The molecule has 0 aromatic heterocycles. The van der Waals surface area contributed by atoms with Crippen LogP contribution in [0.15, 0.2) is 17.0 Å². The molecule has 0 saturated carbocycles. The van der Waals surface area contributed by atoms with Gasteiger partial charge in [0, 0.05) is 13.1 Å². The van der Waals surface area contributed by atoms with Crippen molar-refractivity contribution in [1.82, 2.24) is 4.90 Å². The van der Waals surface area contributed by atoms with Crippen LogP contribution in [-0.2, 0) is 19.4 Å². The van der Waals surface area contributed by atoms with Crippen molar-refractivity contribution < 1.29 is 27.5 Å². The van der Waals surface area contributed by atoms with Gasteiger partial charge in [-0.3, -0.25) is 4.79 Å². The minimum atomic E-state index is -3.47. The lowest BCUT2D eigenvalue weighted by molar-refractivity contribution is -0.117. The highest BCUT2D eigenvalue weighted by Gasteiger charge is 2.24. The highest BCUT2D eigenvalue weighted by molar-refractivity contribution is 7.91. The number of nitrogens with zero attached hydrogens (tertiary/aromatic N) is 1. The molecule has 0 aliphatic rings. The number of rotatable bonds is 7. The molecule has 9 heteroatoms. The summed E-state index contributed by atoms with van der Waals surface area (Å²) in [5.41, 5.74) is 0.0612. The van der Waals surface area contributed by atoms with E-state index in [0.717, 1.165) is 19.5 Å². The quantitative estimate of drug-likeness (QED) is 0.522. The van der Waals surface area contributed by atoms with Crippen LogP contribution >= 0.6 is 11.6 Å². The number of hydrogen-bond donors (Lipinski definition) is 0. The first-order chi connectivity index (χ1) is 11.7. The summed E-state index contributed by atoms with van der Waals surface area (Å²) in [5.74, 6) is -0.780. The van der Waals surface area contributed by atoms with E-state index in [2.05, 4.69) is 4.74 Å². The average molecular weight is 394 g/mol. The van der Waals surface area contributed by atoms with Crippen LogP contribution in [0.25, 0.3) is 0 Å². The fourth-order valence-electron chi connectivity index (χ4n) is 1.77. The minimum absolute atomic E-state index is 0.0369. The van der Waals surface area contributed by atoms with E-state index in [1.54, 1.807) is 4.90 Å². The van der Waals surface area contributed by atoms with E-state index >= 15 is 0 Å². The van der Waals surface area contributed by atoms with Gasteiger partial charge in [-0.25, -0.2) is 13.2 Å². The Labute approximate surface area is 153 Å². The number of amides is 1. The molecule has 0 atom stereocenters. The number of halogens is 1. The largest absolute Gasteiger partial charge is 0.494 e. The van der Waals surface area contributed by atoms with Crippen molar-refractivity contribution in [2.24, 2.45) is 0 Å². The zero-order valence-corrected chi connectivity index (χ0v) is 16.6. The number of benzene rings is 1. The lowest BCUT2D eigenvalue weighted by Gasteiger charge is -2.12. The Kier molecular flexibility index (Phi) is 10.2. The topological polar surface area (TPSA) is 90.0 Å². The SMILES string of the molecule is CCN(C=O)CC.CCS(=O)(=O)c1ccc(C(=O)OC)c(Cl)c1OC. The van der Waals surface area contributed by atoms with Gasteiger partial charge in [0.05, 0.1) is 30.6 Å². The summed E-state index contributed by atoms with van der Waals surface area (Å²) in [7, 11) is -0.975. The van der Waals surface area contributed by atoms with Crippen molar-refractivity contribution in [3.63, 3.8) is 0 Å². The molecule has 0 unspecified atom stereocenters. The number of esters is 1. The van der Waals surface area contributed by atoms with Gasteiger partial charge >= 0.3 is 5.97 Å². The van der Waals surface area contributed by atoms with Gasteiger partial charge in [-0.15, -0.1) is 0 Å². The van der Waals surface area contributed by atoms with Gasteiger partial charge < -0.3 is 14.4 Å². The summed E-state index contributed by atoms with van der Waals surface area (Å²) >= 11 is 5.96. The zero-order valence-electron chi connectivity index (χ0n) is 15.0. The fourth-order valence-corrected chi connectivity index (χ4v) is 3.20. The first-order valence-electron chi connectivity index (χ1n) is 7.60. The summed E-state index contributed by atoms with van der Waals surface area (Å²) in [5, 5.41) is -0.0705. The molecule has 0 spiro atoms. The van der Waals surface area contributed by atoms with Gasteiger partial charge in [-0.2, -0.15) is 0 Å². The smallest absolute Gasteiger partial charge is 0.339 e. The average Bonchev–Trinajstić information content (AvgIpc) is 2.62. The van der Waals surface area contributed by atoms with Gasteiger partial charge in [-0.05, 0) is 26.0 Å². The van der Waals surface area contributed by atoms with Crippen molar-refractivity contribution >= 4 is 33.8 Å². The second kappa shape index (κ2) is 10.9. The van der Waals surface area contributed by atoms with Crippen LogP contribution in [0.4, 0.5) is 0 Å². The molecule has 0 N–H and O–H groups in total. The Hall–Kier alpha value is -1.80. The van der Waals surface area contributed by atoms with E-state index in [0.29, 0.717) is 0 Å². The van der Waals surface area contributed by atoms with Gasteiger partial charge in [0.25, 0.3) is 0 Å². The van der Waals surface area contributed by atoms with Gasteiger partial charge in [-0.1, -0.05) is 18.5 Å². The van der Waals surface area contributed by atoms with Crippen LogP contribution in [0.5, 0.6) is 5.75 Å². The van der Waals surface area contributed by atoms with E-state index in [1.807, 2.05) is 13.8 Å². The molecule has 1 rings (SSSR count). The number of hydrogen-bond acceptors (Lipinski definition) is 6. The third-order valence-electron chi connectivity index (χ3n) is 3.35. The molecule has 0 radical (unpaired) electrons. The molecule has 0 fully saturated rings. The summed E-state index contributed by atoms with van der Waals surface area (Å²) < 4.78 is 33.2. The number of sulfone groups is 1. The van der Waals surface area contributed by atoms with E-state index in [4.69, 9.17) is 16.3 Å². The molecule has 0 bridgehead atoms. The number of ether oxygens (including phenoxy) is 2. The van der Waals surface area contributed by atoms with Crippen molar-refractivity contribution in [3.8, 4) is 5.75 Å². The monoisotopic (exact) mass is 393 g/mol. The van der Waals surface area contributed by atoms with Gasteiger partial charge in [0.1, 0.15) is 4.90 Å². The normalized spacial score (nSPS) is 10.3. The maximum Gasteiger partial charge on any atom is 0.339 e. The van der Waals surface area contributed by atoms with Crippen molar-refractivity contribution in [2.45, 2.75) is 25.7 Å². The molecule has 7 nitrogen and oxygen atoms in total. The summed E-state index contributed by atoms with van der Waals surface area (Å²) in [4.78, 5) is 23.0. The summed E-state index contributed by atoms with van der Waals surface area (Å²) in [6.07, 6.45) is 0.861. The van der Waals surface area contributed by atoms with Crippen LogP contribution in [0.1, 0.15) is 31.1 Å². The Morgan fingerprint density at radius 3 is 2.08 bits per heavy atom. The molecule has 1 aromatic carbocycles. The highest BCUT2D eigenvalue weighted by atomic mass is 35.5. The number of methoxy groups -OCH3 is 2. The highest BCUT2D eigenvalue weighted by Crippen LogP contribution is 2.35. The first-order valence-corrected chi connectivity index (χ1v) is 9.63. The van der Waals surface area contributed by atoms with Crippen LogP contribution in [0, 0.1) is 0 Å². The zero-order chi connectivity index (χ0) is 19.6. The Morgan fingerprint density at radius 1 is 1.20 bits per heavy atom. The van der Waals surface area contributed by atoms with Gasteiger partial charge in [0.2, 0.25) is 6.41 Å². The molecular weight excluding hydrogens is 370 g/mol. The van der Waals surface area contributed by atoms with Crippen LogP contribution < -0.4 is 4.74 Å². The van der Waals surface area contributed by atoms with E-state index in [9.17, 15) is 18.0 Å². The first kappa shape index (κ1) is 23.2. The minimum Gasteiger partial charge on any atom is -0.494 e. The molecule has 1 amide bonds. The molecule has 0 aliphatic carbocycles. The molecule has 0 saturated heterocycles. The second-order valence-corrected chi connectivity index (χ2v) is 7.30. The lowest BCUT2D eigenvalue weighted by atomic mass is 10.2. The third kappa shape index (κ3) is 6.21. The van der Waals surface area contributed by atoms with Crippen LogP contribution in [0.3, 0.4) is 0 Å². The maximum atomic E-state index is 11.8. The lowest BCUT2D eigenvalue weighted by Crippen LogP contribution is -2.19. The third-order valence-corrected chi connectivity index (χ3v) is 5.47.